The van der Waals surface area contributed by atoms with E-state index in [2.05, 4.69) is 20.8 Å². The predicted molar refractivity (Wildman–Crippen MR) is 104 cm³/mol. The highest BCUT2D eigenvalue weighted by atomic mass is 32.2. The normalized spacial score (nSPS) is 14.4. The standard InChI is InChI=1S/C17H23N5O3S2/c1-3-12-9-13(16(24)25-4-2)15(27-12)18-14(23)10-26-17-19-20-21-22(17)11-7-5-6-8-11/h9,11H,3-8,10H2,1-2H3,(H,18,23). The van der Waals surface area contributed by atoms with E-state index in [1.54, 1.807) is 13.0 Å². The van der Waals surface area contributed by atoms with E-state index in [-0.39, 0.29) is 11.7 Å². The molecular formula is C17H23N5O3S2. The predicted octanol–water partition coefficient (Wildman–Crippen LogP) is 3.32. The third kappa shape index (κ3) is 4.86. The first kappa shape index (κ1) is 19.8. The summed E-state index contributed by atoms with van der Waals surface area (Å²) in [4.78, 5) is 25.5. The van der Waals surface area contributed by atoms with Crippen LogP contribution in [0.25, 0.3) is 0 Å². The Labute approximate surface area is 166 Å². The van der Waals surface area contributed by atoms with Crippen molar-refractivity contribution in [3.8, 4) is 0 Å². The lowest BCUT2D eigenvalue weighted by molar-refractivity contribution is -0.113. The minimum Gasteiger partial charge on any atom is -0.462 e. The highest BCUT2D eigenvalue weighted by Crippen LogP contribution is 2.32. The Kier molecular flexibility index (Phi) is 6.84. The maximum Gasteiger partial charge on any atom is 0.341 e. The second-order valence-corrected chi connectivity index (χ2v) is 8.29. The Hall–Kier alpha value is -1.94. The maximum absolute atomic E-state index is 12.4. The largest absolute Gasteiger partial charge is 0.462 e. The van der Waals surface area contributed by atoms with Crippen molar-refractivity contribution in [1.29, 1.82) is 0 Å². The van der Waals surface area contributed by atoms with Gasteiger partial charge in [0.15, 0.2) is 0 Å². The van der Waals surface area contributed by atoms with E-state index in [1.165, 1.54) is 35.9 Å². The molecular weight excluding hydrogens is 386 g/mol. The molecule has 3 rings (SSSR count). The lowest BCUT2D eigenvalue weighted by Gasteiger charge is -2.10. The molecule has 2 aromatic heterocycles. The van der Waals surface area contributed by atoms with Gasteiger partial charge in [-0.25, -0.2) is 9.48 Å². The van der Waals surface area contributed by atoms with E-state index < -0.39 is 5.97 Å². The molecule has 1 amide bonds. The number of rotatable bonds is 8. The lowest BCUT2D eigenvalue weighted by Crippen LogP contribution is -2.17. The maximum atomic E-state index is 12.4. The number of nitrogens with one attached hydrogen (secondary N) is 1. The molecule has 1 fully saturated rings. The van der Waals surface area contributed by atoms with Crippen LogP contribution in [0.15, 0.2) is 11.2 Å². The molecule has 146 valence electrons. The number of amides is 1. The fraction of sp³-hybridized carbons (Fsp3) is 0.588. The zero-order valence-electron chi connectivity index (χ0n) is 15.4. The average molecular weight is 410 g/mol. The summed E-state index contributed by atoms with van der Waals surface area (Å²) in [6, 6.07) is 2.11. The lowest BCUT2D eigenvalue weighted by atomic mass is 10.2. The number of aryl methyl sites for hydroxylation is 1. The number of hydrogen-bond donors (Lipinski definition) is 1. The van der Waals surface area contributed by atoms with Gasteiger partial charge in [-0.05, 0) is 42.7 Å². The molecule has 27 heavy (non-hydrogen) atoms. The van der Waals surface area contributed by atoms with Crippen molar-refractivity contribution in [3.63, 3.8) is 0 Å². The molecule has 0 aromatic carbocycles. The molecule has 8 nitrogen and oxygen atoms in total. The molecule has 1 aliphatic rings. The highest BCUT2D eigenvalue weighted by Gasteiger charge is 2.23. The fourth-order valence-corrected chi connectivity index (χ4v) is 4.77. The van der Waals surface area contributed by atoms with Crippen LogP contribution in [0, 0.1) is 0 Å². The molecule has 0 spiro atoms. The van der Waals surface area contributed by atoms with E-state index in [0.29, 0.717) is 28.4 Å². The summed E-state index contributed by atoms with van der Waals surface area (Å²) in [5, 5.41) is 15.9. The van der Waals surface area contributed by atoms with Gasteiger partial charge in [0.05, 0.1) is 24.0 Å². The number of thioether (sulfide) groups is 1. The van der Waals surface area contributed by atoms with Gasteiger partial charge in [-0.2, -0.15) is 0 Å². The van der Waals surface area contributed by atoms with Crippen LogP contribution in [0.3, 0.4) is 0 Å². The second kappa shape index (κ2) is 9.32. The Morgan fingerprint density at radius 2 is 2.15 bits per heavy atom. The molecule has 0 unspecified atom stereocenters. The molecule has 1 N–H and O–H groups in total. The Morgan fingerprint density at radius 1 is 1.37 bits per heavy atom. The summed E-state index contributed by atoms with van der Waals surface area (Å²) < 4.78 is 6.91. The first-order valence-corrected chi connectivity index (χ1v) is 10.9. The zero-order chi connectivity index (χ0) is 19.2. The zero-order valence-corrected chi connectivity index (χ0v) is 17.1. The van der Waals surface area contributed by atoms with Crippen molar-refractivity contribution in [1.82, 2.24) is 20.2 Å². The third-order valence-electron chi connectivity index (χ3n) is 4.35. The topological polar surface area (TPSA) is 99.0 Å². The molecule has 0 aliphatic heterocycles. The number of aromatic nitrogens is 4. The van der Waals surface area contributed by atoms with Crippen molar-refractivity contribution in [2.24, 2.45) is 0 Å². The molecule has 0 saturated heterocycles. The Balaban J connectivity index is 1.62. The van der Waals surface area contributed by atoms with Crippen LogP contribution in [-0.4, -0.2) is 44.4 Å². The fourth-order valence-electron chi connectivity index (χ4n) is 3.02. The summed E-state index contributed by atoms with van der Waals surface area (Å²) >= 11 is 2.71. The Bertz CT molecular complexity index is 798. The van der Waals surface area contributed by atoms with E-state index in [9.17, 15) is 9.59 Å². The highest BCUT2D eigenvalue weighted by molar-refractivity contribution is 7.99. The molecule has 0 bridgehead atoms. The summed E-state index contributed by atoms with van der Waals surface area (Å²) in [5.41, 5.74) is 0.410. The van der Waals surface area contributed by atoms with Crippen molar-refractivity contribution in [2.45, 2.75) is 57.1 Å². The summed E-state index contributed by atoms with van der Waals surface area (Å²) in [6.45, 7) is 4.06. The van der Waals surface area contributed by atoms with E-state index in [1.807, 2.05) is 11.6 Å². The number of anilines is 1. The number of hydrogen-bond acceptors (Lipinski definition) is 8. The van der Waals surface area contributed by atoms with Gasteiger partial charge < -0.3 is 10.1 Å². The first-order chi connectivity index (χ1) is 13.1. The van der Waals surface area contributed by atoms with Crippen molar-refractivity contribution in [3.05, 3.63) is 16.5 Å². The molecule has 1 aliphatic carbocycles. The second-order valence-electron chi connectivity index (χ2n) is 6.21. The van der Waals surface area contributed by atoms with Crippen LogP contribution in [0.4, 0.5) is 5.00 Å². The van der Waals surface area contributed by atoms with Crippen LogP contribution >= 0.6 is 23.1 Å². The van der Waals surface area contributed by atoms with Gasteiger partial charge in [-0.3, -0.25) is 4.79 Å². The number of carbonyl (C=O) groups excluding carboxylic acids is 2. The molecule has 0 atom stereocenters. The number of nitrogens with zero attached hydrogens (tertiary/aromatic N) is 4. The molecule has 0 radical (unpaired) electrons. The molecule has 10 heteroatoms. The average Bonchev–Trinajstić information content (AvgIpc) is 3.39. The van der Waals surface area contributed by atoms with Gasteiger partial charge in [-0.1, -0.05) is 31.5 Å². The number of ether oxygens (including phenoxy) is 1. The quantitative estimate of drug-likeness (QED) is 0.527. The van der Waals surface area contributed by atoms with Gasteiger partial charge >= 0.3 is 5.97 Å². The first-order valence-electron chi connectivity index (χ1n) is 9.12. The number of carbonyl (C=O) groups is 2. The SMILES string of the molecule is CCOC(=O)c1cc(CC)sc1NC(=O)CSc1nnnn1C1CCCC1. The smallest absolute Gasteiger partial charge is 0.341 e. The molecule has 2 heterocycles. The Morgan fingerprint density at radius 3 is 2.85 bits per heavy atom. The third-order valence-corrected chi connectivity index (χ3v) is 6.47. The van der Waals surface area contributed by atoms with Gasteiger partial charge in [0.25, 0.3) is 0 Å². The number of tetrazole rings is 1. The summed E-state index contributed by atoms with van der Waals surface area (Å²) in [7, 11) is 0. The molecule has 1 saturated carbocycles. The van der Waals surface area contributed by atoms with Gasteiger partial charge in [-0.15, -0.1) is 16.4 Å². The van der Waals surface area contributed by atoms with Gasteiger partial charge in [0.1, 0.15) is 5.00 Å². The monoisotopic (exact) mass is 409 g/mol. The van der Waals surface area contributed by atoms with Crippen molar-refractivity contribution in [2.75, 3.05) is 17.7 Å². The minimum absolute atomic E-state index is 0.175. The van der Waals surface area contributed by atoms with Crippen LogP contribution in [-0.2, 0) is 16.0 Å². The van der Waals surface area contributed by atoms with Crippen LogP contribution in [0.5, 0.6) is 0 Å². The van der Waals surface area contributed by atoms with Gasteiger partial charge in [0.2, 0.25) is 11.1 Å². The van der Waals surface area contributed by atoms with Crippen LogP contribution in [0.2, 0.25) is 0 Å². The molecule has 2 aromatic rings. The van der Waals surface area contributed by atoms with Crippen molar-refractivity contribution < 1.29 is 14.3 Å². The summed E-state index contributed by atoms with van der Waals surface area (Å²) in [6.07, 6.45) is 5.30. The van der Waals surface area contributed by atoms with E-state index in [0.717, 1.165) is 24.1 Å². The van der Waals surface area contributed by atoms with Crippen LogP contribution in [0.1, 0.15) is 60.8 Å². The number of esters is 1. The summed E-state index contributed by atoms with van der Waals surface area (Å²) in [5.74, 6) is -0.438. The minimum atomic E-state index is -0.415. The van der Waals surface area contributed by atoms with Crippen LogP contribution < -0.4 is 5.32 Å². The van der Waals surface area contributed by atoms with E-state index in [4.69, 9.17) is 4.74 Å². The van der Waals surface area contributed by atoms with Gasteiger partial charge in [0, 0.05) is 4.88 Å². The number of thiophene rings is 1. The van der Waals surface area contributed by atoms with E-state index >= 15 is 0 Å². The van der Waals surface area contributed by atoms with Crippen molar-refractivity contribution >= 4 is 40.0 Å².